The minimum atomic E-state index is -3.18. The van der Waals surface area contributed by atoms with E-state index < -0.39 is 15.8 Å². The van der Waals surface area contributed by atoms with Crippen LogP contribution in [0.3, 0.4) is 0 Å². The van der Waals surface area contributed by atoms with Gasteiger partial charge in [0.25, 0.3) is 0 Å². The second kappa shape index (κ2) is 10.2. The van der Waals surface area contributed by atoms with Gasteiger partial charge < -0.3 is 5.73 Å². The Morgan fingerprint density at radius 3 is 2.53 bits per heavy atom. The summed E-state index contributed by atoms with van der Waals surface area (Å²) in [7, 11) is -3.18. The summed E-state index contributed by atoms with van der Waals surface area (Å²) in [5.41, 5.74) is 10.6. The van der Waals surface area contributed by atoms with Gasteiger partial charge in [0.2, 0.25) is 10.0 Å². The molecule has 4 heterocycles. The standard InChI is InChI=1S/C26H29FN8O2S/c1-16-6-4-8-20(17(16)2)26-30-24(23(27)25(28)31-26)22-15-34(33-32-22)14-19-7-5-9-21(29-19)18-10-12-35(13-11-18)38(3,36)37/h4-9,15,18H,10-14H2,1-3H3,(H2,28,30,31). The predicted molar refractivity (Wildman–Crippen MR) is 142 cm³/mol. The van der Waals surface area contributed by atoms with Crippen LogP contribution >= 0.6 is 0 Å². The lowest BCUT2D eigenvalue weighted by Crippen LogP contribution is -2.37. The molecule has 0 saturated carbocycles. The third-order valence-electron chi connectivity index (χ3n) is 7.00. The van der Waals surface area contributed by atoms with Crippen LogP contribution in [0.4, 0.5) is 10.2 Å². The minimum Gasteiger partial charge on any atom is -0.381 e. The van der Waals surface area contributed by atoms with E-state index in [1.807, 2.05) is 50.2 Å². The Kier molecular flexibility index (Phi) is 6.93. The number of hydrogen-bond acceptors (Lipinski definition) is 8. The number of rotatable bonds is 6. The van der Waals surface area contributed by atoms with E-state index in [0.29, 0.717) is 38.3 Å². The molecule has 1 saturated heterocycles. The molecule has 198 valence electrons. The number of benzene rings is 1. The maximum Gasteiger partial charge on any atom is 0.211 e. The summed E-state index contributed by atoms with van der Waals surface area (Å²) in [6.45, 7) is 5.24. The fourth-order valence-electron chi connectivity index (χ4n) is 4.69. The van der Waals surface area contributed by atoms with Gasteiger partial charge in [-0.05, 0) is 49.9 Å². The molecule has 0 aliphatic carbocycles. The van der Waals surface area contributed by atoms with E-state index in [9.17, 15) is 12.8 Å². The van der Waals surface area contributed by atoms with Crippen LogP contribution in [-0.2, 0) is 16.6 Å². The number of aromatic nitrogens is 6. The molecule has 0 spiro atoms. The van der Waals surface area contributed by atoms with Gasteiger partial charge in [-0.3, -0.25) is 4.98 Å². The summed E-state index contributed by atoms with van der Waals surface area (Å²) < 4.78 is 41.7. The van der Waals surface area contributed by atoms with Gasteiger partial charge in [0.05, 0.1) is 24.7 Å². The van der Waals surface area contributed by atoms with Crippen molar-refractivity contribution in [2.24, 2.45) is 0 Å². The highest BCUT2D eigenvalue weighted by molar-refractivity contribution is 7.88. The summed E-state index contributed by atoms with van der Waals surface area (Å²) in [4.78, 5) is 13.4. The fourth-order valence-corrected chi connectivity index (χ4v) is 5.57. The lowest BCUT2D eigenvalue weighted by molar-refractivity contribution is 0.318. The number of sulfonamides is 1. The van der Waals surface area contributed by atoms with Crippen molar-refractivity contribution in [1.29, 1.82) is 0 Å². The lowest BCUT2D eigenvalue weighted by Gasteiger charge is -2.30. The summed E-state index contributed by atoms with van der Waals surface area (Å²) in [5.74, 6) is -0.491. The predicted octanol–water partition coefficient (Wildman–Crippen LogP) is 3.32. The highest BCUT2D eigenvalue weighted by atomic mass is 32.2. The molecule has 1 aliphatic heterocycles. The lowest BCUT2D eigenvalue weighted by atomic mass is 9.94. The van der Waals surface area contributed by atoms with Crippen molar-refractivity contribution in [3.63, 3.8) is 0 Å². The Hall–Kier alpha value is -3.77. The van der Waals surface area contributed by atoms with Gasteiger partial charge in [0, 0.05) is 30.3 Å². The maximum absolute atomic E-state index is 15.0. The van der Waals surface area contributed by atoms with Gasteiger partial charge in [0.15, 0.2) is 17.5 Å². The molecule has 1 aromatic carbocycles. The first-order valence-corrected chi connectivity index (χ1v) is 14.2. The molecule has 10 nitrogen and oxygen atoms in total. The average molecular weight is 537 g/mol. The van der Waals surface area contributed by atoms with Crippen LogP contribution in [-0.4, -0.2) is 62.0 Å². The number of anilines is 1. The van der Waals surface area contributed by atoms with Gasteiger partial charge >= 0.3 is 0 Å². The number of nitrogens with two attached hydrogens (primary N) is 1. The molecule has 2 N–H and O–H groups in total. The van der Waals surface area contributed by atoms with E-state index in [2.05, 4.69) is 20.3 Å². The summed E-state index contributed by atoms with van der Waals surface area (Å²) in [6, 6.07) is 11.5. The third kappa shape index (κ3) is 5.27. The van der Waals surface area contributed by atoms with Crippen LogP contribution in [0.5, 0.6) is 0 Å². The first-order valence-electron chi connectivity index (χ1n) is 12.3. The number of nitrogen functional groups attached to an aromatic ring is 1. The van der Waals surface area contributed by atoms with Crippen molar-refractivity contribution in [1.82, 2.24) is 34.3 Å². The number of aryl methyl sites for hydroxylation is 1. The van der Waals surface area contributed by atoms with Gasteiger partial charge in [0.1, 0.15) is 11.4 Å². The molecule has 0 atom stereocenters. The van der Waals surface area contributed by atoms with Gasteiger partial charge in [-0.2, -0.15) is 0 Å². The first-order chi connectivity index (χ1) is 18.1. The highest BCUT2D eigenvalue weighted by Gasteiger charge is 2.26. The third-order valence-corrected chi connectivity index (χ3v) is 8.30. The van der Waals surface area contributed by atoms with Crippen LogP contribution < -0.4 is 5.73 Å². The van der Waals surface area contributed by atoms with Gasteiger partial charge in [-0.1, -0.05) is 29.5 Å². The van der Waals surface area contributed by atoms with Crippen LogP contribution in [0.15, 0.2) is 42.6 Å². The first kappa shape index (κ1) is 25.9. The highest BCUT2D eigenvalue weighted by Crippen LogP contribution is 2.29. The smallest absolute Gasteiger partial charge is 0.211 e. The molecular formula is C26H29FN8O2S. The van der Waals surface area contributed by atoms with Crippen molar-refractivity contribution in [3.05, 3.63) is 70.9 Å². The number of hydrogen-bond donors (Lipinski definition) is 1. The van der Waals surface area contributed by atoms with Gasteiger partial charge in [-0.15, -0.1) is 5.10 Å². The minimum absolute atomic E-state index is 0.0148. The zero-order valence-electron chi connectivity index (χ0n) is 21.5. The van der Waals surface area contributed by atoms with Gasteiger partial charge in [-0.25, -0.2) is 31.8 Å². The zero-order valence-corrected chi connectivity index (χ0v) is 22.3. The molecule has 3 aromatic heterocycles. The Morgan fingerprint density at radius 1 is 1.05 bits per heavy atom. The molecule has 0 amide bonds. The van der Waals surface area contributed by atoms with E-state index >= 15 is 0 Å². The molecule has 5 rings (SSSR count). The van der Waals surface area contributed by atoms with Crippen LogP contribution in [0, 0.1) is 19.7 Å². The number of nitrogens with zero attached hydrogens (tertiary/aromatic N) is 7. The number of halogens is 1. The molecule has 12 heteroatoms. The van der Waals surface area contributed by atoms with E-state index in [0.717, 1.165) is 28.1 Å². The Bertz CT molecular complexity index is 1600. The molecule has 1 fully saturated rings. The van der Waals surface area contributed by atoms with E-state index in [-0.39, 0.29) is 23.1 Å². The van der Waals surface area contributed by atoms with Crippen LogP contribution in [0.1, 0.15) is 41.3 Å². The van der Waals surface area contributed by atoms with Crippen LogP contribution in [0.2, 0.25) is 0 Å². The van der Waals surface area contributed by atoms with Crippen molar-refractivity contribution in [2.45, 2.75) is 39.2 Å². The van der Waals surface area contributed by atoms with Crippen molar-refractivity contribution >= 4 is 15.8 Å². The monoisotopic (exact) mass is 536 g/mol. The van der Waals surface area contributed by atoms with Crippen molar-refractivity contribution in [3.8, 4) is 22.8 Å². The average Bonchev–Trinajstić information content (AvgIpc) is 3.35. The van der Waals surface area contributed by atoms with E-state index in [4.69, 9.17) is 10.7 Å². The zero-order chi connectivity index (χ0) is 27.0. The van der Waals surface area contributed by atoms with Crippen LogP contribution in [0.25, 0.3) is 22.8 Å². The number of pyridine rings is 1. The SMILES string of the molecule is Cc1cccc(-c2nc(N)c(F)c(-c3cn(Cc4cccc(C5CCN(S(C)(=O)=O)CC5)n4)nn3)n2)c1C. The molecule has 0 radical (unpaired) electrons. The second-order valence-corrected chi connectivity index (χ2v) is 11.6. The molecular weight excluding hydrogens is 507 g/mol. The number of piperidine rings is 1. The molecule has 38 heavy (non-hydrogen) atoms. The van der Waals surface area contributed by atoms with E-state index in [1.54, 1.807) is 10.9 Å². The normalized spacial score (nSPS) is 15.2. The quantitative estimate of drug-likeness (QED) is 0.397. The van der Waals surface area contributed by atoms with E-state index in [1.165, 1.54) is 10.6 Å². The Labute approximate surface area is 220 Å². The molecule has 0 bridgehead atoms. The second-order valence-electron chi connectivity index (χ2n) is 9.63. The summed E-state index contributed by atoms with van der Waals surface area (Å²) in [6.07, 6.45) is 4.28. The largest absolute Gasteiger partial charge is 0.381 e. The van der Waals surface area contributed by atoms with Crippen molar-refractivity contribution < 1.29 is 12.8 Å². The molecule has 1 aliphatic rings. The summed E-state index contributed by atoms with van der Waals surface area (Å²) >= 11 is 0. The fraction of sp³-hybridized carbons (Fsp3) is 0.346. The topological polar surface area (TPSA) is 133 Å². The Morgan fingerprint density at radius 2 is 1.79 bits per heavy atom. The van der Waals surface area contributed by atoms with Crippen molar-refractivity contribution in [2.75, 3.05) is 25.1 Å². The molecule has 0 unspecified atom stereocenters. The molecule has 4 aromatic rings. The summed E-state index contributed by atoms with van der Waals surface area (Å²) in [5, 5.41) is 8.30. The Balaban J connectivity index is 1.36. The maximum atomic E-state index is 15.0.